The monoisotopic (exact) mass is 510 g/mol. The lowest BCUT2D eigenvalue weighted by molar-refractivity contribution is -0.165. The highest BCUT2D eigenvalue weighted by molar-refractivity contribution is 7.99. The molecule has 1 aliphatic rings. The molecule has 35 heavy (non-hydrogen) atoms. The summed E-state index contributed by atoms with van der Waals surface area (Å²) in [5, 5.41) is 1.52. The minimum atomic E-state index is -1.43. The number of benzene rings is 2. The third kappa shape index (κ3) is 5.39. The number of carbonyl (C=O) groups excluding carboxylic acids is 2. The van der Waals surface area contributed by atoms with Crippen LogP contribution in [-0.4, -0.2) is 56.7 Å². The molecule has 2 aromatic carbocycles. The number of fused-ring (bicyclic) bond motifs is 1. The summed E-state index contributed by atoms with van der Waals surface area (Å²) in [6.45, 7) is 2.53. The van der Waals surface area contributed by atoms with Gasteiger partial charge in [-0.05, 0) is 55.4 Å². The van der Waals surface area contributed by atoms with Crippen molar-refractivity contribution < 1.29 is 19.1 Å². The van der Waals surface area contributed by atoms with Crippen LogP contribution in [-0.2, 0) is 20.7 Å². The molecule has 0 fully saturated rings. The van der Waals surface area contributed by atoms with Gasteiger partial charge in [0.1, 0.15) is 5.75 Å². The van der Waals surface area contributed by atoms with E-state index in [1.807, 2.05) is 85.0 Å². The Balaban J connectivity index is 1.93. The molecule has 2 atom stereocenters. The Kier molecular flexibility index (Phi) is 7.84. The lowest BCUT2D eigenvalue weighted by atomic mass is 9.87. The lowest BCUT2D eigenvalue weighted by Crippen LogP contribution is -2.56. The molecule has 0 saturated heterocycles. The summed E-state index contributed by atoms with van der Waals surface area (Å²) >= 11 is 3.13. The number of likely N-dealkylation sites (N-methyl/N-ethyl adjacent to an activating group) is 1. The molecular weight excluding hydrogens is 480 g/mol. The highest BCUT2D eigenvalue weighted by Crippen LogP contribution is 2.53. The molecule has 0 saturated carbocycles. The number of hydrogen-bond donors (Lipinski definition) is 0. The van der Waals surface area contributed by atoms with Gasteiger partial charge in [0.15, 0.2) is 0 Å². The van der Waals surface area contributed by atoms with Crippen LogP contribution in [0.5, 0.6) is 5.75 Å². The number of hydrogen-bond acceptors (Lipinski definition) is 7. The molecule has 1 aliphatic heterocycles. The number of ether oxygens (including phenoxy) is 2. The van der Waals surface area contributed by atoms with Gasteiger partial charge in [0.05, 0.1) is 18.0 Å². The zero-order chi connectivity index (χ0) is 25.0. The van der Waals surface area contributed by atoms with Crippen LogP contribution >= 0.6 is 23.1 Å². The maximum absolute atomic E-state index is 14.6. The van der Waals surface area contributed by atoms with Gasteiger partial charge >= 0.3 is 5.97 Å². The normalized spacial score (nSPS) is 19.9. The molecule has 6 nitrogen and oxygen atoms in total. The van der Waals surface area contributed by atoms with Crippen molar-refractivity contribution in [1.29, 1.82) is 0 Å². The van der Waals surface area contributed by atoms with Crippen molar-refractivity contribution in [2.45, 2.75) is 29.1 Å². The van der Waals surface area contributed by atoms with Gasteiger partial charge in [0.2, 0.25) is 5.60 Å². The van der Waals surface area contributed by atoms with Gasteiger partial charge in [-0.2, -0.15) is 0 Å². The van der Waals surface area contributed by atoms with E-state index < -0.39 is 16.8 Å². The van der Waals surface area contributed by atoms with Crippen LogP contribution in [0, 0.1) is 0 Å². The maximum Gasteiger partial charge on any atom is 0.303 e. The van der Waals surface area contributed by atoms with E-state index >= 15 is 0 Å². The first-order chi connectivity index (χ1) is 16.8. The number of carbonyl (C=O) groups is 2. The van der Waals surface area contributed by atoms with Crippen LogP contribution in [0.3, 0.4) is 0 Å². The number of nitrogens with zero attached hydrogens (tertiary/aromatic N) is 2. The van der Waals surface area contributed by atoms with Crippen LogP contribution in [0.4, 0.5) is 5.69 Å². The van der Waals surface area contributed by atoms with Gasteiger partial charge < -0.3 is 19.3 Å². The summed E-state index contributed by atoms with van der Waals surface area (Å²) in [5.41, 5.74) is 0.302. The Labute approximate surface area is 214 Å². The van der Waals surface area contributed by atoms with E-state index in [4.69, 9.17) is 9.47 Å². The number of esters is 1. The minimum absolute atomic E-state index is 0.207. The molecule has 0 unspecified atom stereocenters. The van der Waals surface area contributed by atoms with Crippen molar-refractivity contribution in [3.05, 3.63) is 76.5 Å². The standard InChI is InChI=1S/C27H30N2O4S2/c1-19(30)33-27(18-22-8-7-17-34-22)25(20-11-13-21(32-4)14-12-20)35-24-10-6-5-9-23(24)29(26(27)31)16-15-28(2)3/h5-14,17,25H,15-16,18H2,1-4H3/t25-,27+/m0/s1. The van der Waals surface area contributed by atoms with Crippen LogP contribution in [0.25, 0.3) is 0 Å². The predicted molar refractivity (Wildman–Crippen MR) is 141 cm³/mol. The second-order valence-electron chi connectivity index (χ2n) is 8.74. The molecule has 2 heterocycles. The third-order valence-electron chi connectivity index (χ3n) is 5.96. The van der Waals surface area contributed by atoms with Gasteiger partial charge in [-0.3, -0.25) is 9.59 Å². The molecular formula is C27H30N2O4S2. The predicted octanol–water partition coefficient (Wildman–Crippen LogP) is 5.04. The highest BCUT2D eigenvalue weighted by atomic mass is 32.2. The van der Waals surface area contributed by atoms with Crippen molar-refractivity contribution in [3.8, 4) is 5.75 Å². The molecule has 0 aliphatic carbocycles. The number of amides is 1. The highest BCUT2D eigenvalue weighted by Gasteiger charge is 2.54. The third-order valence-corrected chi connectivity index (χ3v) is 8.33. The first-order valence-corrected chi connectivity index (χ1v) is 13.2. The first kappa shape index (κ1) is 25.3. The van der Waals surface area contributed by atoms with E-state index in [1.54, 1.807) is 35.1 Å². The molecule has 0 radical (unpaired) electrons. The fourth-order valence-corrected chi connectivity index (χ4v) is 6.53. The van der Waals surface area contributed by atoms with E-state index in [0.717, 1.165) is 26.8 Å². The van der Waals surface area contributed by atoms with Crippen LogP contribution in [0.1, 0.15) is 22.6 Å². The fourth-order valence-electron chi connectivity index (χ4n) is 4.32. The SMILES string of the molecule is COc1ccc([C@@H]2Sc3ccccc3N(CCN(C)C)C(=O)[C@]2(Cc2cccs2)OC(C)=O)cc1. The number of methoxy groups -OCH3 is 1. The zero-order valence-electron chi connectivity index (χ0n) is 20.4. The Bertz CT molecular complexity index is 1160. The summed E-state index contributed by atoms with van der Waals surface area (Å²) in [6.07, 6.45) is 0.291. The second-order valence-corrected chi connectivity index (χ2v) is 10.9. The summed E-state index contributed by atoms with van der Waals surface area (Å²) < 4.78 is 11.5. The zero-order valence-corrected chi connectivity index (χ0v) is 22.0. The van der Waals surface area contributed by atoms with Gasteiger partial charge in [0, 0.05) is 36.2 Å². The van der Waals surface area contributed by atoms with E-state index in [0.29, 0.717) is 19.5 Å². The van der Waals surface area contributed by atoms with Crippen LogP contribution in [0.15, 0.2) is 70.9 Å². The average molecular weight is 511 g/mol. The molecule has 3 aromatic rings. The number of anilines is 1. The summed E-state index contributed by atoms with van der Waals surface area (Å²) in [6, 6.07) is 19.5. The Hall–Kier alpha value is -2.81. The van der Waals surface area contributed by atoms with Crippen molar-refractivity contribution in [2.75, 3.05) is 39.2 Å². The van der Waals surface area contributed by atoms with Crippen LogP contribution in [0.2, 0.25) is 0 Å². The van der Waals surface area contributed by atoms with Gasteiger partial charge in [-0.15, -0.1) is 23.1 Å². The Morgan fingerprint density at radius 2 is 1.83 bits per heavy atom. The molecule has 8 heteroatoms. The van der Waals surface area contributed by atoms with Gasteiger partial charge in [0.25, 0.3) is 5.91 Å². The first-order valence-electron chi connectivity index (χ1n) is 11.4. The van der Waals surface area contributed by atoms with Crippen molar-refractivity contribution in [3.63, 3.8) is 0 Å². The minimum Gasteiger partial charge on any atom is -0.497 e. The largest absolute Gasteiger partial charge is 0.497 e. The molecule has 4 rings (SSSR count). The van der Waals surface area contributed by atoms with E-state index in [9.17, 15) is 9.59 Å². The Morgan fingerprint density at radius 3 is 2.46 bits per heavy atom. The average Bonchev–Trinajstić information content (AvgIpc) is 3.32. The summed E-state index contributed by atoms with van der Waals surface area (Å²) in [4.78, 5) is 33.0. The summed E-state index contributed by atoms with van der Waals surface area (Å²) in [5.74, 6) is 0.0387. The number of rotatable bonds is 8. The topological polar surface area (TPSA) is 59.1 Å². The van der Waals surface area contributed by atoms with E-state index in [2.05, 4.69) is 0 Å². The Morgan fingerprint density at radius 1 is 1.09 bits per heavy atom. The number of thiophene rings is 1. The molecule has 0 N–H and O–H groups in total. The molecule has 1 aromatic heterocycles. The molecule has 0 bridgehead atoms. The molecule has 184 valence electrons. The molecule has 1 amide bonds. The van der Waals surface area contributed by atoms with Crippen molar-refractivity contribution >= 4 is 40.7 Å². The second kappa shape index (κ2) is 10.8. The van der Waals surface area contributed by atoms with Gasteiger partial charge in [-0.25, -0.2) is 0 Å². The number of para-hydroxylation sites is 1. The maximum atomic E-state index is 14.6. The molecule has 0 spiro atoms. The van der Waals surface area contributed by atoms with Gasteiger partial charge in [-0.1, -0.05) is 30.3 Å². The van der Waals surface area contributed by atoms with E-state index in [1.165, 1.54) is 6.92 Å². The van der Waals surface area contributed by atoms with Crippen molar-refractivity contribution in [2.24, 2.45) is 0 Å². The van der Waals surface area contributed by atoms with Crippen LogP contribution < -0.4 is 9.64 Å². The quantitative estimate of drug-likeness (QED) is 0.396. The fraction of sp³-hybridized carbons (Fsp3) is 0.333. The smallest absolute Gasteiger partial charge is 0.303 e. The number of thioether (sulfide) groups is 1. The van der Waals surface area contributed by atoms with E-state index in [-0.39, 0.29) is 5.91 Å². The van der Waals surface area contributed by atoms with Crippen molar-refractivity contribution in [1.82, 2.24) is 4.90 Å². The lowest BCUT2D eigenvalue weighted by Gasteiger charge is -2.39. The summed E-state index contributed by atoms with van der Waals surface area (Å²) in [7, 11) is 5.58.